The van der Waals surface area contributed by atoms with Gasteiger partial charge in [0.05, 0.1) is 6.85 Å². The van der Waals surface area contributed by atoms with E-state index in [4.69, 9.17) is 11.6 Å². The SMILES string of the molecule is [2H]c1c([2H])c([2H])c(-c2ccc3c4c(cccc24)-c2cc(-c4ccc5ccc6cccc7ccc4c5c67)ccc2O3)c([2H])c1[2H]. The lowest BCUT2D eigenvalue weighted by Gasteiger charge is -2.23. The van der Waals surface area contributed by atoms with E-state index in [1.54, 1.807) is 6.07 Å². The molecule has 39 heavy (non-hydrogen) atoms. The van der Waals surface area contributed by atoms with E-state index in [0.717, 1.165) is 38.8 Å². The van der Waals surface area contributed by atoms with Gasteiger partial charge in [-0.05, 0) is 83.7 Å². The van der Waals surface area contributed by atoms with Gasteiger partial charge in [0.25, 0.3) is 0 Å². The molecule has 0 fully saturated rings. The fourth-order valence-electron chi connectivity index (χ4n) is 6.39. The molecular formula is C38H22O. The summed E-state index contributed by atoms with van der Waals surface area (Å²) in [6, 6.07) is 34.0. The van der Waals surface area contributed by atoms with Crippen LogP contribution in [0.25, 0.3) is 76.5 Å². The van der Waals surface area contributed by atoms with E-state index in [1.807, 2.05) is 24.3 Å². The van der Waals surface area contributed by atoms with Crippen molar-refractivity contribution in [1.82, 2.24) is 0 Å². The lowest BCUT2D eigenvalue weighted by molar-refractivity contribution is 0.487. The minimum Gasteiger partial charge on any atom is -0.456 e. The van der Waals surface area contributed by atoms with Gasteiger partial charge in [0.2, 0.25) is 0 Å². The van der Waals surface area contributed by atoms with Gasteiger partial charge in [-0.15, -0.1) is 0 Å². The summed E-state index contributed by atoms with van der Waals surface area (Å²) >= 11 is 0. The molecule has 8 aromatic rings. The van der Waals surface area contributed by atoms with Crippen molar-refractivity contribution >= 4 is 43.1 Å². The molecule has 0 spiro atoms. The third kappa shape index (κ3) is 2.90. The van der Waals surface area contributed by atoms with Gasteiger partial charge in [-0.3, -0.25) is 0 Å². The molecule has 0 N–H and O–H groups in total. The summed E-state index contributed by atoms with van der Waals surface area (Å²) in [6.07, 6.45) is 0. The number of benzene rings is 8. The van der Waals surface area contributed by atoms with E-state index >= 15 is 0 Å². The third-order valence-corrected chi connectivity index (χ3v) is 8.10. The lowest BCUT2D eigenvalue weighted by Crippen LogP contribution is -1.98. The standard InChI is InChI=1S/C38H22O/c1-2-6-23(7-3-1)28-19-21-35-38-30(28)10-5-11-31(38)33-22-27(16-20-34(33)39-35)29-17-14-26-13-12-24-8-4-9-25-15-18-32(29)37(26)36(24)25/h1-22H/i1D,2D,3D,6D,7D. The van der Waals surface area contributed by atoms with Crippen LogP contribution in [-0.4, -0.2) is 0 Å². The minimum atomic E-state index is -0.400. The second-order valence-corrected chi connectivity index (χ2v) is 10.1. The topological polar surface area (TPSA) is 9.23 Å². The average Bonchev–Trinajstić information content (AvgIpc) is 3.06. The Kier molecular flexibility index (Phi) is 3.28. The van der Waals surface area contributed by atoms with Crippen LogP contribution in [0.4, 0.5) is 0 Å². The van der Waals surface area contributed by atoms with E-state index in [2.05, 4.69) is 72.8 Å². The molecule has 1 aliphatic heterocycles. The summed E-state index contributed by atoms with van der Waals surface area (Å²) in [5.41, 5.74) is 4.92. The van der Waals surface area contributed by atoms with Crippen LogP contribution in [0.3, 0.4) is 0 Å². The molecule has 8 aromatic carbocycles. The lowest BCUT2D eigenvalue weighted by atomic mass is 9.87. The van der Waals surface area contributed by atoms with Gasteiger partial charge in [-0.1, -0.05) is 115 Å². The maximum Gasteiger partial charge on any atom is 0.135 e. The molecule has 1 heterocycles. The zero-order chi connectivity index (χ0) is 29.9. The Morgan fingerprint density at radius 1 is 0.436 bits per heavy atom. The monoisotopic (exact) mass is 499 g/mol. The first-order valence-corrected chi connectivity index (χ1v) is 13.0. The Hall–Kier alpha value is -5.14. The number of hydrogen-bond donors (Lipinski definition) is 0. The van der Waals surface area contributed by atoms with Crippen LogP contribution in [0.2, 0.25) is 0 Å². The Balaban J connectivity index is 1.28. The van der Waals surface area contributed by atoms with Crippen molar-refractivity contribution in [2.75, 3.05) is 0 Å². The summed E-state index contributed by atoms with van der Waals surface area (Å²) in [4.78, 5) is 0. The van der Waals surface area contributed by atoms with Crippen molar-refractivity contribution in [3.8, 4) is 44.9 Å². The van der Waals surface area contributed by atoms with Crippen molar-refractivity contribution in [3.05, 3.63) is 133 Å². The molecule has 0 saturated carbocycles. The smallest absolute Gasteiger partial charge is 0.135 e. The van der Waals surface area contributed by atoms with E-state index in [1.165, 1.54) is 32.3 Å². The predicted molar refractivity (Wildman–Crippen MR) is 164 cm³/mol. The molecule has 0 unspecified atom stereocenters. The molecule has 0 bridgehead atoms. The molecular weight excluding hydrogens is 472 g/mol. The number of fused-ring (bicyclic) bond motifs is 2. The highest BCUT2D eigenvalue weighted by Gasteiger charge is 2.22. The van der Waals surface area contributed by atoms with Crippen LogP contribution >= 0.6 is 0 Å². The Morgan fingerprint density at radius 2 is 1.10 bits per heavy atom. The molecule has 180 valence electrons. The van der Waals surface area contributed by atoms with Gasteiger partial charge in [-0.2, -0.15) is 0 Å². The highest BCUT2D eigenvalue weighted by Crippen LogP contribution is 2.50. The molecule has 9 rings (SSSR count). The average molecular weight is 500 g/mol. The summed E-state index contributed by atoms with van der Waals surface area (Å²) < 4.78 is 48.1. The summed E-state index contributed by atoms with van der Waals surface area (Å²) in [5.74, 6) is 1.43. The summed E-state index contributed by atoms with van der Waals surface area (Å²) in [7, 11) is 0. The number of ether oxygens (including phenoxy) is 1. The molecule has 1 aliphatic rings. The van der Waals surface area contributed by atoms with E-state index in [9.17, 15) is 0 Å². The van der Waals surface area contributed by atoms with Crippen molar-refractivity contribution < 1.29 is 11.6 Å². The Morgan fingerprint density at radius 3 is 1.97 bits per heavy atom. The van der Waals surface area contributed by atoms with E-state index in [0.29, 0.717) is 11.3 Å². The van der Waals surface area contributed by atoms with Gasteiger partial charge in [0, 0.05) is 10.9 Å². The summed E-state index contributed by atoms with van der Waals surface area (Å²) in [5, 5.41) is 9.06. The maximum atomic E-state index is 8.60. The first kappa shape index (κ1) is 16.7. The third-order valence-electron chi connectivity index (χ3n) is 8.10. The second-order valence-electron chi connectivity index (χ2n) is 10.1. The molecule has 0 amide bonds. The minimum absolute atomic E-state index is 0.188. The van der Waals surface area contributed by atoms with Crippen molar-refractivity contribution in [2.24, 2.45) is 0 Å². The van der Waals surface area contributed by atoms with E-state index < -0.39 is 6.04 Å². The molecule has 0 radical (unpaired) electrons. The van der Waals surface area contributed by atoms with Crippen LogP contribution < -0.4 is 4.74 Å². The van der Waals surface area contributed by atoms with Crippen LogP contribution in [-0.2, 0) is 0 Å². The highest BCUT2D eigenvalue weighted by atomic mass is 16.5. The summed E-state index contributed by atoms with van der Waals surface area (Å²) in [6.45, 7) is 0. The normalized spacial score (nSPS) is 14.1. The molecule has 0 atom stereocenters. The van der Waals surface area contributed by atoms with Crippen LogP contribution in [0.1, 0.15) is 6.85 Å². The van der Waals surface area contributed by atoms with Crippen molar-refractivity contribution in [2.45, 2.75) is 0 Å². The molecule has 0 aromatic heterocycles. The fraction of sp³-hybridized carbons (Fsp3) is 0. The molecule has 0 saturated heterocycles. The number of rotatable bonds is 2. The molecule has 0 aliphatic carbocycles. The van der Waals surface area contributed by atoms with Gasteiger partial charge < -0.3 is 4.74 Å². The Labute approximate surface area is 232 Å². The zero-order valence-electron chi connectivity index (χ0n) is 25.7. The van der Waals surface area contributed by atoms with E-state index in [-0.39, 0.29) is 29.7 Å². The second kappa shape index (κ2) is 7.69. The maximum absolute atomic E-state index is 8.60. The molecule has 1 heteroatoms. The first-order chi connectivity index (χ1) is 21.4. The van der Waals surface area contributed by atoms with Gasteiger partial charge >= 0.3 is 0 Å². The van der Waals surface area contributed by atoms with Gasteiger partial charge in [0.15, 0.2) is 0 Å². The van der Waals surface area contributed by atoms with Crippen molar-refractivity contribution in [1.29, 1.82) is 0 Å². The first-order valence-electron chi connectivity index (χ1n) is 15.5. The van der Waals surface area contributed by atoms with Gasteiger partial charge in [0.1, 0.15) is 11.5 Å². The van der Waals surface area contributed by atoms with Crippen molar-refractivity contribution in [3.63, 3.8) is 0 Å². The largest absolute Gasteiger partial charge is 0.456 e. The van der Waals surface area contributed by atoms with Crippen LogP contribution in [0, 0.1) is 0 Å². The van der Waals surface area contributed by atoms with Gasteiger partial charge in [-0.25, -0.2) is 0 Å². The van der Waals surface area contributed by atoms with Crippen LogP contribution in [0.15, 0.2) is 133 Å². The fourth-order valence-corrected chi connectivity index (χ4v) is 6.39. The predicted octanol–water partition coefficient (Wildman–Crippen LogP) is 10.8. The quantitative estimate of drug-likeness (QED) is 0.215. The Bertz CT molecular complexity index is 2490. The van der Waals surface area contributed by atoms with Crippen LogP contribution in [0.5, 0.6) is 11.5 Å². The highest BCUT2D eigenvalue weighted by molar-refractivity contribution is 6.25. The molecule has 1 nitrogen and oxygen atoms in total. The number of hydrogen-bond acceptors (Lipinski definition) is 1. The zero-order valence-corrected chi connectivity index (χ0v) is 20.7.